The van der Waals surface area contributed by atoms with Gasteiger partial charge in [0.25, 0.3) is 0 Å². The van der Waals surface area contributed by atoms with Crippen LogP contribution in [0.3, 0.4) is 0 Å². The highest BCUT2D eigenvalue weighted by Crippen LogP contribution is 2.27. The highest BCUT2D eigenvalue weighted by atomic mass is 19.4. The molecule has 2 aliphatic rings. The Morgan fingerprint density at radius 3 is 2.62 bits per heavy atom. The maximum absolute atomic E-state index is 12.5. The molecular formula is C18H24F3N3O2. The van der Waals surface area contributed by atoms with E-state index < -0.39 is 18.8 Å². The number of aryl methyl sites for hydroxylation is 1. The molecule has 2 fully saturated rings. The number of hydrogen-bond donors (Lipinski definition) is 0. The lowest BCUT2D eigenvalue weighted by Crippen LogP contribution is -2.47. The van der Waals surface area contributed by atoms with Crippen LogP contribution in [-0.2, 0) is 4.79 Å². The van der Waals surface area contributed by atoms with Crippen LogP contribution in [0.5, 0.6) is 5.88 Å². The third kappa shape index (κ3) is 4.66. The standard InChI is InChI=1S/C18H24F3N3O2/c1-13-3-2-7-22-16(13)26-11-14-4-8-23(9-5-14)15-6-10-24(17(15)25)12-18(19,20)21/h2-3,7,14-15H,4-6,8-12H2,1H3. The zero-order valence-electron chi connectivity index (χ0n) is 14.8. The molecule has 144 valence electrons. The molecule has 0 bridgehead atoms. The minimum Gasteiger partial charge on any atom is -0.477 e. The first-order chi connectivity index (χ1) is 12.3. The third-order valence-corrected chi connectivity index (χ3v) is 5.15. The quantitative estimate of drug-likeness (QED) is 0.798. The first kappa shape index (κ1) is 18.9. The van der Waals surface area contributed by atoms with E-state index in [1.54, 1.807) is 6.20 Å². The van der Waals surface area contributed by atoms with Crippen molar-refractivity contribution in [1.82, 2.24) is 14.8 Å². The number of alkyl halides is 3. The van der Waals surface area contributed by atoms with Crippen molar-refractivity contribution in [3.8, 4) is 5.88 Å². The Morgan fingerprint density at radius 2 is 1.96 bits per heavy atom. The molecule has 3 heterocycles. The predicted octanol–water partition coefficient (Wildman–Crippen LogP) is 2.64. The topological polar surface area (TPSA) is 45.7 Å². The van der Waals surface area contributed by atoms with Crippen LogP contribution in [0.2, 0.25) is 0 Å². The zero-order valence-corrected chi connectivity index (χ0v) is 14.8. The number of amides is 1. The SMILES string of the molecule is Cc1cccnc1OCC1CCN(C2CCN(CC(F)(F)F)C2=O)CC1. The normalized spacial score (nSPS) is 22.8. The Hall–Kier alpha value is -1.83. The van der Waals surface area contributed by atoms with Gasteiger partial charge in [0.2, 0.25) is 11.8 Å². The van der Waals surface area contributed by atoms with Gasteiger partial charge < -0.3 is 9.64 Å². The van der Waals surface area contributed by atoms with Crippen molar-refractivity contribution >= 4 is 5.91 Å². The summed E-state index contributed by atoms with van der Waals surface area (Å²) in [5.74, 6) is 0.625. The number of rotatable bonds is 5. The maximum atomic E-state index is 12.5. The minimum absolute atomic E-state index is 0.186. The molecule has 1 aromatic heterocycles. The van der Waals surface area contributed by atoms with Gasteiger partial charge in [0.1, 0.15) is 6.54 Å². The number of aromatic nitrogens is 1. The summed E-state index contributed by atoms with van der Waals surface area (Å²) in [6.45, 7) is 2.99. The van der Waals surface area contributed by atoms with Crippen molar-refractivity contribution in [1.29, 1.82) is 0 Å². The number of carbonyl (C=O) groups excluding carboxylic acids is 1. The van der Waals surface area contributed by atoms with Crippen LogP contribution in [-0.4, -0.2) is 65.7 Å². The predicted molar refractivity (Wildman–Crippen MR) is 89.8 cm³/mol. The molecule has 8 heteroatoms. The van der Waals surface area contributed by atoms with Crippen molar-refractivity contribution in [3.63, 3.8) is 0 Å². The molecule has 2 aliphatic heterocycles. The first-order valence-electron chi connectivity index (χ1n) is 8.97. The number of ether oxygens (including phenoxy) is 1. The lowest BCUT2D eigenvalue weighted by Gasteiger charge is -2.35. The molecule has 0 aliphatic carbocycles. The summed E-state index contributed by atoms with van der Waals surface area (Å²) >= 11 is 0. The average molecular weight is 371 g/mol. The summed E-state index contributed by atoms with van der Waals surface area (Å²) in [6, 6.07) is 3.40. The molecule has 1 atom stereocenters. The zero-order chi connectivity index (χ0) is 18.7. The number of pyridine rings is 1. The summed E-state index contributed by atoms with van der Waals surface area (Å²) in [7, 11) is 0. The van der Waals surface area contributed by atoms with E-state index in [2.05, 4.69) is 4.98 Å². The largest absolute Gasteiger partial charge is 0.477 e. The van der Waals surface area contributed by atoms with Gasteiger partial charge in [0.05, 0.1) is 12.6 Å². The molecule has 0 spiro atoms. The fourth-order valence-corrected chi connectivity index (χ4v) is 3.69. The van der Waals surface area contributed by atoms with Crippen molar-refractivity contribution in [2.24, 2.45) is 5.92 Å². The van der Waals surface area contributed by atoms with E-state index in [-0.39, 0.29) is 12.5 Å². The number of piperidine rings is 1. The molecule has 0 N–H and O–H groups in total. The van der Waals surface area contributed by atoms with Crippen LogP contribution < -0.4 is 4.74 Å². The van der Waals surface area contributed by atoms with Crippen LogP contribution in [0.15, 0.2) is 18.3 Å². The fraction of sp³-hybridized carbons (Fsp3) is 0.667. The second-order valence-corrected chi connectivity index (χ2v) is 7.10. The number of carbonyl (C=O) groups is 1. The summed E-state index contributed by atoms with van der Waals surface area (Å²) in [5.41, 5.74) is 0.992. The second-order valence-electron chi connectivity index (χ2n) is 7.10. The Kier molecular flexibility index (Phi) is 5.70. The third-order valence-electron chi connectivity index (χ3n) is 5.15. The highest BCUT2D eigenvalue weighted by Gasteiger charge is 2.42. The number of hydrogen-bond acceptors (Lipinski definition) is 4. The Balaban J connectivity index is 1.45. The molecule has 2 saturated heterocycles. The molecule has 26 heavy (non-hydrogen) atoms. The van der Waals surface area contributed by atoms with E-state index in [9.17, 15) is 18.0 Å². The summed E-state index contributed by atoms with van der Waals surface area (Å²) < 4.78 is 43.4. The van der Waals surface area contributed by atoms with Crippen molar-refractivity contribution in [3.05, 3.63) is 23.9 Å². The van der Waals surface area contributed by atoms with E-state index in [1.807, 2.05) is 24.0 Å². The Morgan fingerprint density at radius 1 is 1.23 bits per heavy atom. The van der Waals surface area contributed by atoms with Gasteiger partial charge in [-0.05, 0) is 51.3 Å². The van der Waals surface area contributed by atoms with Crippen molar-refractivity contribution < 1.29 is 22.7 Å². The van der Waals surface area contributed by atoms with Gasteiger partial charge in [-0.25, -0.2) is 4.98 Å². The van der Waals surface area contributed by atoms with Crippen LogP contribution in [0.4, 0.5) is 13.2 Å². The number of likely N-dealkylation sites (tertiary alicyclic amines) is 2. The monoisotopic (exact) mass is 371 g/mol. The van der Waals surface area contributed by atoms with Gasteiger partial charge in [-0.15, -0.1) is 0 Å². The van der Waals surface area contributed by atoms with E-state index in [1.165, 1.54) is 0 Å². The van der Waals surface area contributed by atoms with Crippen molar-refractivity contribution in [2.45, 2.75) is 38.4 Å². The summed E-state index contributed by atoms with van der Waals surface area (Å²) in [5, 5.41) is 0. The molecule has 1 amide bonds. The van der Waals surface area contributed by atoms with Gasteiger partial charge in [0, 0.05) is 18.3 Å². The summed E-state index contributed by atoms with van der Waals surface area (Å²) in [6.07, 6.45) is -0.422. The van der Waals surface area contributed by atoms with Crippen LogP contribution in [0, 0.1) is 12.8 Å². The Labute approximate surface area is 151 Å². The molecule has 3 rings (SSSR count). The maximum Gasteiger partial charge on any atom is 0.406 e. The Bertz CT molecular complexity index is 630. The smallest absolute Gasteiger partial charge is 0.406 e. The van der Waals surface area contributed by atoms with Gasteiger partial charge in [-0.2, -0.15) is 13.2 Å². The second kappa shape index (κ2) is 7.82. The molecule has 0 aromatic carbocycles. The van der Waals surface area contributed by atoms with Crippen LogP contribution in [0.25, 0.3) is 0 Å². The average Bonchev–Trinajstić information content (AvgIpc) is 2.94. The van der Waals surface area contributed by atoms with Gasteiger partial charge in [0.15, 0.2) is 0 Å². The van der Waals surface area contributed by atoms with E-state index in [4.69, 9.17) is 4.74 Å². The molecule has 1 aromatic rings. The van der Waals surface area contributed by atoms with E-state index in [0.29, 0.717) is 37.9 Å². The van der Waals surface area contributed by atoms with Crippen LogP contribution >= 0.6 is 0 Å². The fourth-order valence-electron chi connectivity index (χ4n) is 3.69. The lowest BCUT2D eigenvalue weighted by atomic mass is 9.96. The van der Waals surface area contributed by atoms with Gasteiger partial charge >= 0.3 is 6.18 Å². The van der Waals surface area contributed by atoms with E-state index in [0.717, 1.165) is 23.3 Å². The molecular weight excluding hydrogens is 347 g/mol. The molecule has 0 saturated carbocycles. The van der Waals surface area contributed by atoms with Crippen LogP contribution in [0.1, 0.15) is 24.8 Å². The van der Waals surface area contributed by atoms with Gasteiger partial charge in [-0.1, -0.05) is 6.07 Å². The molecule has 0 radical (unpaired) electrons. The lowest BCUT2D eigenvalue weighted by molar-refractivity contribution is -0.159. The minimum atomic E-state index is -4.33. The first-order valence-corrected chi connectivity index (χ1v) is 8.97. The molecule has 1 unspecified atom stereocenters. The van der Waals surface area contributed by atoms with E-state index >= 15 is 0 Å². The highest BCUT2D eigenvalue weighted by molar-refractivity contribution is 5.84. The van der Waals surface area contributed by atoms with Crippen molar-refractivity contribution in [2.75, 3.05) is 32.8 Å². The summed E-state index contributed by atoms with van der Waals surface area (Å²) in [4.78, 5) is 19.4. The van der Waals surface area contributed by atoms with Gasteiger partial charge in [-0.3, -0.25) is 9.69 Å². The molecule has 5 nitrogen and oxygen atoms in total. The number of nitrogens with zero attached hydrogens (tertiary/aromatic N) is 3. The number of halogens is 3.